The molecule has 90 valence electrons. The molecule has 1 aromatic rings. The van der Waals surface area contributed by atoms with Crippen molar-refractivity contribution in [3.8, 4) is 0 Å². The molecule has 1 aromatic heterocycles. The number of hydrogen-bond donors (Lipinski definition) is 1. The van der Waals surface area contributed by atoms with Crippen LogP contribution in [0.5, 0.6) is 0 Å². The number of nitrogens with one attached hydrogen (secondary N) is 1. The van der Waals surface area contributed by atoms with Crippen molar-refractivity contribution < 1.29 is 0 Å². The SMILES string of the molecule is CCNC(Cc1ncnn1CC)C1CCC1. The molecule has 1 atom stereocenters. The van der Waals surface area contributed by atoms with Gasteiger partial charge in [-0.3, -0.25) is 4.68 Å². The molecule has 0 radical (unpaired) electrons. The van der Waals surface area contributed by atoms with Crippen molar-refractivity contribution in [2.75, 3.05) is 6.54 Å². The van der Waals surface area contributed by atoms with Gasteiger partial charge in [-0.2, -0.15) is 5.10 Å². The molecule has 0 saturated heterocycles. The van der Waals surface area contributed by atoms with E-state index in [-0.39, 0.29) is 0 Å². The summed E-state index contributed by atoms with van der Waals surface area (Å²) in [6, 6.07) is 0.591. The minimum Gasteiger partial charge on any atom is -0.314 e. The van der Waals surface area contributed by atoms with Crippen LogP contribution in [0, 0.1) is 5.92 Å². The summed E-state index contributed by atoms with van der Waals surface area (Å²) in [6.07, 6.45) is 6.83. The molecule has 4 heteroatoms. The van der Waals surface area contributed by atoms with Crippen LogP contribution < -0.4 is 5.32 Å². The molecule has 0 spiro atoms. The summed E-state index contributed by atoms with van der Waals surface area (Å²) < 4.78 is 2.00. The molecule has 1 N–H and O–H groups in total. The number of rotatable bonds is 6. The van der Waals surface area contributed by atoms with Crippen LogP contribution in [0.4, 0.5) is 0 Å². The van der Waals surface area contributed by atoms with Crippen LogP contribution in [0.15, 0.2) is 6.33 Å². The van der Waals surface area contributed by atoms with E-state index >= 15 is 0 Å². The summed E-state index contributed by atoms with van der Waals surface area (Å²) in [5.74, 6) is 1.97. The lowest BCUT2D eigenvalue weighted by Crippen LogP contribution is -2.41. The second-order valence-electron chi connectivity index (χ2n) is 4.55. The highest BCUT2D eigenvalue weighted by Crippen LogP contribution is 2.30. The Labute approximate surface area is 97.5 Å². The molecule has 0 amide bonds. The Bertz CT molecular complexity index is 317. The molecule has 1 heterocycles. The van der Waals surface area contributed by atoms with Gasteiger partial charge >= 0.3 is 0 Å². The highest BCUT2D eigenvalue weighted by Gasteiger charge is 2.27. The monoisotopic (exact) mass is 222 g/mol. The van der Waals surface area contributed by atoms with E-state index in [9.17, 15) is 0 Å². The van der Waals surface area contributed by atoms with Crippen molar-refractivity contribution in [3.05, 3.63) is 12.2 Å². The predicted molar refractivity (Wildman–Crippen MR) is 64.2 cm³/mol. The van der Waals surface area contributed by atoms with Crippen LogP contribution in [0.3, 0.4) is 0 Å². The first-order valence-corrected chi connectivity index (χ1v) is 6.45. The fraction of sp³-hybridized carbons (Fsp3) is 0.833. The quantitative estimate of drug-likeness (QED) is 0.795. The van der Waals surface area contributed by atoms with Crippen LogP contribution in [0.1, 0.15) is 38.9 Å². The Morgan fingerprint density at radius 1 is 1.50 bits per heavy atom. The molecule has 1 fully saturated rings. The standard InChI is InChI=1S/C12H22N4/c1-3-13-11(10-6-5-7-10)8-12-14-9-15-16(12)4-2/h9-11,13H,3-8H2,1-2H3. The smallest absolute Gasteiger partial charge is 0.138 e. The largest absolute Gasteiger partial charge is 0.314 e. The van der Waals surface area contributed by atoms with Gasteiger partial charge in [0, 0.05) is 19.0 Å². The van der Waals surface area contributed by atoms with Gasteiger partial charge in [-0.25, -0.2) is 4.98 Å². The van der Waals surface area contributed by atoms with Crippen LogP contribution in [0.25, 0.3) is 0 Å². The van der Waals surface area contributed by atoms with Crippen molar-refractivity contribution in [2.45, 2.75) is 52.1 Å². The van der Waals surface area contributed by atoms with Gasteiger partial charge in [0.15, 0.2) is 0 Å². The van der Waals surface area contributed by atoms with E-state index in [1.54, 1.807) is 6.33 Å². The van der Waals surface area contributed by atoms with Crippen molar-refractivity contribution >= 4 is 0 Å². The Morgan fingerprint density at radius 3 is 2.88 bits per heavy atom. The zero-order valence-electron chi connectivity index (χ0n) is 10.3. The summed E-state index contributed by atoms with van der Waals surface area (Å²) in [7, 11) is 0. The van der Waals surface area contributed by atoms with Crippen LogP contribution in [-0.2, 0) is 13.0 Å². The molecular weight excluding hydrogens is 200 g/mol. The maximum atomic E-state index is 4.36. The van der Waals surface area contributed by atoms with Crippen molar-refractivity contribution in [2.24, 2.45) is 5.92 Å². The van der Waals surface area contributed by atoms with Crippen molar-refractivity contribution in [3.63, 3.8) is 0 Å². The van der Waals surface area contributed by atoms with E-state index in [0.717, 1.165) is 31.3 Å². The van der Waals surface area contributed by atoms with Gasteiger partial charge in [0.05, 0.1) is 0 Å². The normalized spacial score (nSPS) is 18.4. The lowest BCUT2D eigenvalue weighted by atomic mass is 9.78. The van der Waals surface area contributed by atoms with E-state index in [0.29, 0.717) is 6.04 Å². The molecule has 1 aliphatic carbocycles. The van der Waals surface area contributed by atoms with Crippen molar-refractivity contribution in [1.29, 1.82) is 0 Å². The molecule has 16 heavy (non-hydrogen) atoms. The van der Waals surface area contributed by atoms with E-state index in [2.05, 4.69) is 29.2 Å². The minimum atomic E-state index is 0.591. The van der Waals surface area contributed by atoms with Crippen LogP contribution in [-0.4, -0.2) is 27.4 Å². The summed E-state index contributed by atoms with van der Waals surface area (Å²) in [6.45, 7) is 6.25. The molecule has 2 rings (SSSR count). The van der Waals surface area contributed by atoms with Gasteiger partial charge in [-0.1, -0.05) is 13.3 Å². The molecule has 0 bridgehead atoms. The van der Waals surface area contributed by atoms with Gasteiger partial charge in [0.25, 0.3) is 0 Å². The first-order chi connectivity index (χ1) is 7.85. The fourth-order valence-electron chi connectivity index (χ4n) is 2.42. The topological polar surface area (TPSA) is 42.7 Å². The zero-order valence-corrected chi connectivity index (χ0v) is 10.3. The van der Waals surface area contributed by atoms with Gasteiger partial charge in [0.1, 0.15) is 12.2 Å². The molecular formula is C12H22N4. The molecule has 0 aliphatic heterocycles. The fourth-order valence-corrected chi connectivity index (χ4v) is 2.42. The summed E-state index contributed by atoms with van der Waals surface area (Å²) >= 11 is 0. The van der Waals surface area contributed by atoms with Gasteiger partial charge in [0.2, 0.25) is 0 Å². The summed E-state index contributed by atoms with van der Waals surface area (Å²) in [5, 5.41) is 7.82. The van der Waals surface area contributed by atoms with Gasteiger partial charge < -0.3 is 5.32 Å². The second-order valence-corrected chi connectivity index (χ2v) is 4.55. The molecule has 1 saturated carbocycles. The Kier molecular flexibility index (Phi) is 3.93. The average molecular weight is 222 g/mol. The van der Waals surface area contributed by atoms with E-state index in [4.69, 9.17) is 0 Å². The lowest BCUT2D eigenvalue weighted by molar-refractivity contribution is 0.226. The third-order valence-corrected chi connectivity index (χ3v) is 3.58. The second kappa shape index (κ2) is 5.43. The third kappa shape index (κ3) is 2.43. The molecule has 1 unspecified atom stereocenters. The van der Waals surface area contributed by atoms with Crippen LogP contribution in [0.2, 0.25) is 0 Å². The van der Waals surface area contributed by atoms with Crippen LogP contribution >= 0.6 is 0 Å². The van der Waals surface area contributed by atoms with E-state index < -0.39 is 0 Å². The molecule has 4 nitrogen and oxygen atoms in total. The van der Waals surface area contributed by atoms with E-state index in [1.165, 1.54) is 19.3 Å². The Balaban J connectivity index is 1.98. The molecule has 1 aliphatic rings. The average Bonchev–Trinajstić information content (AvgIpc) is 2.63. The third-order valence-electron chi connectivity index (χ3n) is 3.58. The first-order valence-electron chi connectivity index (χ1n) is 6.45. The number of nitrogens with zero attached hydrogens (tertiary/aromatic N) is 3. The van der Waals surface area contributed by atoms with Gasteiger partial charge in [-0.05, 0) is 32.2 Å². The maximum absolute atomic E-state index is 4.36. The number of aryl methyl sites for hydroxylation is 1. The lowest BCUT2D eigenvalue weighted by Gasteiger charge is -2.34. The molecule has 0 aromatic carbocycles. The number of likely N-dealkylation sites (N-methyl/N-ethyl adjacent to an activating group) is 1. The highest BCUT2D eigenvalue weighted by atomic mass is 15.3. The first kappa shape index (κ1) is 11.6. The predicted octanol–water partition coefficient (Wildman–Crippen LogP) is 1.62. The number of aromatic nitrogens is 3. The van der Waals surface area contributed by atoms with E-state index in [1.807, 2.05) is 4.68 Å². The van der Waals surface area contributed by atoms with Crippen molar-refractivity contribution in [1.82, 2.24) is 20.1 Å². The zero-order chi connectivity index (χ0) is 11.4. The maximum Gasteiger partial charge on any atom is 0.138 e. The van der Waals surface area contributed by atoms with Gasteiger partial charge in [-0.15, -0.1) is 0 Å². The summed E-state index contributed by atoms with van der Waals surface area (Å²) in [4.78, 5) is 4.36. The highest BCUT2D eigenvalue weighted by molar-refractivity contribution is 4.94. The Morgan fingerprint density at radius 2 is 2.31 bits per heavy atom. The number of hydrogen-bond acceptors (Lipinski definition) is 3. The Hall–Kier alpha value is -0.900. The summed E-state index contributed by atoms with van der Waals surface area (Å²) in [5.41, 5.74) is 0. The minimum absolute atomic E-state index is 0.591.